The number of carbonyl (C=O) groups is 1. The maximum Gasteiger partial charge on any atom is 0.303 e. The lowest BCUT2D eigenvalue weighted by Gasteiger charge is -2.06. The van der Waals surface area contributed by atoms with E-state index in [0.717, 1.165) is 42.8 Å². The molecule has 0 saturated carbocycles. The first-order chi connectivity index (χ1) is 9.16. The van der Waals surface area contributed by atoms with Gasteiger partial charge < -0.3 is 10.4 Å². The van der Waals surface area contributed by atoms with Gasteiger partial charge in [-0.25, -0.2) is 9.50 Å². The Morgan fingerprint density at radius 1 is 1.42 bits per heavy atom. The monoisotopic (exact) mass is 262 g/mol. The van der Waals surface area contributed by atoms with Crippen molar-refractivity contribution < 1.29 is 9.90 Å². The molecule has 2 N–H and O–H groups in total. The van der Waals surface area contributed by atoms with Crippen LogP contribution in [0.1, 0.15) is 31.4 Å². The highest BCUT2D eigenvalue weighted by atomic mass is 16.4. The van der Waals surface area contributed by atoms with Crippen molar-refractivity contribution in [2.24, 2.45) is 0 Å². The van der Waals surface area contributed by atoms with Crippen LogP contribution in [0.15, 0.2) is 18.5 Å². The van der Waals surface area contributed by atoms with Crippen molar-refractivity contribution in [3.05, 3.63) is 24.2 Å². The summed E-state index contributed by atoms with van der Waals surface area (Å²) in [4.78, 5) is 14.7. The quantitative estimate of drug-likeness (QED) is 0.747. The van der Waals surface area contributed by atoms with Crippen LogP contribution in [0.5, 0.6) is 0 Å². The van der Waals surface area contributed by atoms with Gasteiger partial charge in [-0.3, -0.25) is 4.79 Å². The molecule has 19 heavy (non-hydrogen) atoms. The molecule has 0 aromatic carbocycles. The molecule has 2 aromatic rings. The van der Waals surface area contributed by atoms with Crippen LogP contribution in [-0.4, -0.2) is 32.2 Å². The maximum atomic E-state index is 10.4. The minimum absolute atomic E-state index is 0.246. The van der Waals surface area contributed by atoms with E-state index in [-0.39, 0.29) is 6.42 Å². The Kier molecular flexibility index (Phi) is 4.33. The summed E-state index contributed by atoms with van der Waals surface area (Å²) in [7, 11) is 0. The smallest absolute Gasteiger partial charge is 0.303 e. The van der Waals surface area contributed by atoms with Gasteiger partial charge in [-0.2, -0.15) is 5.10 Å². The third-order valence-corrected chi connectivity index (χ3v) is 2.87. The standard InChI is InChI=1S/C13H18N4O2/c1-10-9-11-13(15-7-8-17(11)16-10)14-6-4-2-3-5-12(18)19/h7-9H,2-6H2,1H3,(H,14,15)(H,18,19). The van der Waals surface area contributed by atoms with Gasteiger partial charge in [0.2, 0.25) is 0 Å². The summed E-state index contributed by atoms with van der Waals surface area (Å²) in [6.07, 6.45) is 6.34. The van der Waals surface area contributed by atoms with Crippen molar-refractivity contribution in [1.29, 1.82) is 0 Å². The molecule has 0 atom stereocenters. The second-order valence-electron chi connectivity index (χ2n) is 4.52. The number of hydrogen-bond acceptors (Lipinski definition) is 4. The minimum Gasteiger partial charge on any atom is -0.481 e. The highest BCUT2D eigenvalue weighted by Gasteiger charge is 2.04. The number of carboxylic acid groups (broad SMARTS) is 1. The lowest BCUT2D eigenvalue weighted by molar-refractivity contribution is -0.137. The van der Waals surface area contributed by atoms with Crippen molar-refractivity contribution >= 4 is 17.3 Å². The number of nitrogens with zero attached hydrogens (tertiary/aromatic N) is 3. The Morgan fingerprint density at radius 2 is 2.26 bits per heavy atom. The molecule has 0 unspecified atom stereocenters. The molecule has 0 fully saturated rings. The summed E-state index contributed by atoms with van der Waals surface area (Å²) in [5.74, 6) is 0.0930. The van der Waals surface area contributed by atoms with Crippen LogP contribution in [0.3, 0.4) is 0 Å². The number of rotatable bonds is 7. The van der Waals surface area contributed by atoms with Crippen LogP contribution in [0.25, 0.3) is 5.52 Å². The van der Waals surface area contributed by atoms with Crippen LogP contribution in [0.4, 0.5) is 5.82 Å². The predicted molar refractivity (Wildman–Crippen MR) is 72.3 cm³/mol. The molecule has 0 aliphatic rings. The number of unbranched alkanes of at least 4 members (excludes halogenated alkanes) is 2. The van der Waals surface area contributed by atoms with E-state index in [0.29, 0.717) is 0 Å². The van der Waals surface area contributed by atoms with Gasteiger partial charge in [0.1, 0.15) is 5.52 Å². The average molecular weight is 262 g/mol. The molecule has 102 valence electrons. The van der Waals surface area contributed by atoms with Gasteiger partial charge >= 0.3 is 5.97 Å². The number of carboxylic acids is 1. The van der Waals surface area contributed by atoms with Crippen molar-refractivity contribution in [2.75, 3.05) is 11.9 Å². The van der Waals surface area contributed by atoms with Gasteiger partial charge in [-0.1, -0.05) is 6.42 Å². The van der Waals surface area contributed by atoms with Gasteiger partial charge in [0, 0.05) is 25.4 Å². The fourth-order valence-corrected chi connectivity index (χ4v) is 1.97. The van der Waals surface area contributed by atoms with E-state index >= 15 is 0 Å². The highest BCUT2D eigenvalue weighted by molar-refractivity contribution is 5.67. The number of aliphatic carboxylic acids is 1. The van der Waals surface area contributed by atoms with E-state index in [1.54, 1.807) is 10.7 Å². The molecule has 0 saturated heterocycles. The molecule has 2 rings (SSSR count). The first kappa shape index (κ1) is 13.3. The van der Waals surface area contributed by atoms with Crippen LogP contribution in [0, 0.1) is 6.92 Å². The fourth-order valence-electron chi connectivity index (χ4n) is 1.97. The van der Waals surface area contributed by atoms with Crippen LogP contribution >= 0.6 is 0 Å². The summed E-state index contributed by atoms with van der Waals surface area (Å²) in [6, 6.07) is 1.99. The number of hydrogen-bond donors (Lipinski definition) is 2. The van der Waals surface area contributed by atoms with Gasteiger partial charge in [0.05, 0.1) is 5.69 Å². The number of aromatic nitrogens is 3. The zero-order chi connectivity index (χ0) is 13.7. The summed E-state index contributed by atoms with van der Waals surface area (Å²) in [5, 5.41) is 16.1. The zero-order valence-electron chi connectivity index (χ0n) is 11.0. The lowest BCUT2D eigenvalue weighted by Crippen LogP contribution is -2.05. The molecule has 2 heterocycles. The minimum atomic E-state index is -0.728. The first-order valence-corrected chi connectivity index (χ1v) is 6.43. The largest absolute Gasteiger partial charge is 0.481 e. The molecule has 2 aromatic heterocycles. The molecule has 0 bridgehead atoms. The molecule has 6 heteroatoms. The van der Waals surface area contributed by atoms with Crippen LogP contribution in [0.2, 0.25) is 0 Å². The number of aryl methyl sites for hydroxylation is 1. The molecule has 6 nitrogen and oxygen atoms in total. The van der Waals surface area contributed by atoms with E-state index in [1.807, 2.05) is 19.2 Å². The third-order valence-electron chi connectivity index (χ3n) is 2.87. The normalized spacial score (nSPS) is 10.8. The van der Waals surface area contributed by atoms with E-state index in [4.69, 9.17) is 5.11 Å². The van der Waals surface area contributed by atoms with E-state index in [1.165, 1.54) is 0 Å². The van der Waals surface area contributed by atoms with Crippen molar-refractivity contribution in [2.45, 2.75) is 32.6 Å². The van der Waals surface area contributed by atoms with Crippen molar-refractivity contribution in [1.82, 2.24) is 14.6 Å². The Bertz CT molecular complexity index is 565. The SMILES string of the molecule is Cc1cc2c(NCCCCCC(=O)O)nccn2n1. The Labute approximate surface area is 111 Å². The number of anilines is 1. The van der Waals surface area contributed by atoms with Crippen LogP contribution in [-0.2, 0) is 4.79 Å². The summed E-state index contributed by atoms with van der Waals surface area (Å²) >= 11 is 0. The fraction of sp³-hybridized carbons (Fsp3) is 0.462. The second kappa shape index (κ2) is 6.17. The predicted octanol–water partition coefficient (Wildman–Crippen LogP) is 2.09. The van der Waals surface area contributed by atoms with Crippen molar-refractivity contribution in [3.8, 4) is 0 Å². The molecule has 0 radical (unpaired) electrons. The first-order valence-electron chi connectivity index (χ1n) is 6.43. The van der Waals surface area contributed by atoms with E-state index in [2.05, 4.69) is 15.4 Å². The highest BCUT2D eigenvalue weighted by Crippen LogP contribution is 2.14. The molecule has 0 aliphatic heterocycles. The maximum absolute atomic E-state index is 10.4. The summed E-state index contributed by atoms with van der Waals surface area (Å²) < 4.78 is 1.80. The zero-order valence-corrected chi connectivity index (χ0v) is 11.0. The van der Waals surface area contributed by atoms with E-state index in [9.17, 15) is 4.79 Å². The summed E-state index contributed by atoms with van der Waals surface area (Å²) in [5.41, 5.74) is 1.92. The van der Waals surface area contributed by atoms with Gasteiger partial charge in [0.25, 0.3) is 0 Å². The Hall–Kier alpha value is -2.11. The van der Waals surface area contributed by atoms with Gasteiger partial charge in [-0.05, 0) is 25.8 Å². The Morgan fingerprint density at radius 3 is 3.05 bits per heavy atom. The van der Waals surface area contributed by atoms with Gasteiger partial charge in [-0.15, -0.1) is 0 Å². The number of nitrogens with one attached hydrogen (secondary N) is 1. The molecular weight excluding hydrogens is 244 g/mol. The van der Waals surface area contributed by atoms with Gasteiger partial charge in [0.15, 0.2) is 5.82 Å². The Balaban J connectivity index is 1.83. The average Bonchev–Trinajstić information content (AvgIpc) is 2.74. The third kappa shape index (κ3) is 3.67. The molecular formula is C13H18N4O2. The second-order valence-corrected chi connectivity index (χ2v) is 4.52. The molecule has 0 spiro atoms. The van der Waals surface area contributed by atoms with E-state index < -0.39 is 5.97 Å². The topological polar surface area (TPSA) is 79.5 Å². The van der Waals surface area contributed by atoms with Crippen LogP contribution < -0.4 is 5.32 Å². The summed E-state index contributed by atoms with van der Waals surface area (Å²) in [6.45, 7) is 2.74. The van der Waals surface area contributed by atoms with Crippen molar-refractivity contribution in [3.63, 3.8) is 0 Å². The molecule has 0 aliphatic carbocycles. The lowest BCUT2D eigenvalue weighted by atomic mass is 10.2. The molecule has 0 amide bonds. The number of fused-ring (bicyclic) bond motifs is 1.